The molecular formula is C24H33N3O3. The number of rotatable bonds is 9. The molecule has 0 spiro atoms. The predicted molar refractivity (Wildman–Crippen MR) is 119 cm³/mol. The first-order chi connectivity index (χ1) is 14.6. The maximum Gasteiger partial charge on any atom is 0.255 e. The number of amides is 1. The van der Waals surface area contributed by atoms with E-state index in [1.165, 1.54) is 5.56 Å². The first-order valence-corrected chi connectivity index (χ1v) is 10.6. The Morgan fingerprint density at radius 3 is 2.43 bits per heavy atom. The lowest BCUT2D eigenvalue weighted by molar-refractivity contribution is 0.0904. The molecular weight excluding hydrogens is 378 g/mol. The summed E-state index contributed by atoms with van der Waals surface area (Å²) >= 11 is 0. The molecule has 1 heterocycles. The van der Waals surface area contributed by atoms with Crippen LogP contribution < -0.4 is 14.8 Å². The number of likely N-dealkylation sites (N-methyl/N-ethyl adjacent to an activating group) is 1. The van der Waals surface area contributed by atoms with Gasteiger partial charge in [-0.1, -0.05) is 30.3 Å². The first-order valence-electron chi connectivity index (χ1n) is 10.6. The van der Waals surface area contributed by atoms with Crippen molar-refractivity contribution in [2.75, 3.05) is 47.4 Å². The maximum absolute atomic E-state index is 12.9. The summed E-state index contributed by atoms with van der Waals surface area (Å²) in [4.78, 5) is 17.3. The smallest absolute Gasteiger partial charge is 0.255 e. The van der Waals surface area contributed by atoms with Gasteiger partial charge in [0.15, 0.2) is 0 Å². The van der Waals surface area contributed by atoms with Crippen molar-refractivity contribution in [3.8, 4) is 11.5 Å². The van der Waals surface area contributed by atoms with Crippen LogP contribution in [0.2, 0.25) is 0 Å². The van der Waals surface area contributed by atoms with Gasteiger partial charge < -0.3 is 19.7 Å². The van der Waals surface area contributed by atoms with Crippen LogP contribution in [0.1, 0.15) is 28.8 Å². The normalized spacial score (nSPS) is 15.2. The Hall–Kier alpha value is -2.57. The lowest BCUT2D eigenvalue weighted by Crippen LogP contribution is -2.44. The number of benzene rings is 2. The monoisotopic (exact) mass is 411 g/mol. The van der Waals surface area contributed by atoms with Crippen molar-refractivity contribution >= 4 is 5.91 Å². The van der Waals surface area contributed by atoms with Crippen LogP contribution in [0.3, 0.4) is 0 Å². The molecule has 0 saturated carbocycles. The molecule has 0 atom stereocenters. The Kier molecular flexibility index (Phi) is 8.11. The van der Waals surface area contributed by atoms with E-state index in [4.69, 9.17) is 9.47 Å². The molecule has 6 heteroatoms. The zero-order valence-corrected chi connectivity index (χ0v) is 18.3. The van der Waals surface area contributed by atoms with Gasteiger partial charge in [0.25, 0.3) is 5.91 Å². The fourth-order valence-corrected chi connectivity index (χ4v) is 3.69. The van der Waals surface area contributed by atoms with Gasteiger partial charge in [0.1, 0.15) is 18.1 Å². The Balaban J connectivity index is 1.51. The lowest BCUT2D eigenvalue weighted by Gasteiger charge is -2.32. The highest BCUT2D eigenvalue weighted by molar-refractivity contribution is 5.97. The van der Waals surface area contributed by atoms with E-state index in [1.54, 1.807) is 7.11 Å². The van der Waals surface area contributed by atoms with Crippen LogP contribution in [0.5, 0.6) is 11.5 Å². The van der Waals surface area contributed by atoms with Crippen molar-refractivity contribution < 1.29 is 14.3 Å². The summed E-state index contributed by atoms with van der Waals surface area (Å²) in [6.45, 7) is 4.13. The highest BCUT2D eigenvalue weighted by atomic mass is 16.5. The van der Waals surface area contributed by atoms with Crippen molar-refractivity contribution in [1.82, 2.24) is 15.1 Å². The molecule has 1 N–H and O–H groups in total. The number of methoxy groups -OCH3 is 1. The molecule has 1 saturated heterocycles. The van der Waals surface area contributed by atoms with Gasteiger partial charge in [0.2, 0.25) is 0 Å². The van der Waals surface area contributed by atoms with Crippen LogP contribution in [0.4, 0.5) is 0 Å². The van der Waals surface area contributed by atoms with E-state index in [-0.39, 0.29) is 11.9 Å². The van der Waals surface area contributed by atoms with Gasteiger partial charge >= 0.3 is 0 Å². The standard InChI is InChI=1S/C24H33N3O3/c1-26(2)16-17-30-23-11-7-5-9-21(23)24(28)25-20-12-14-27(15-13-20)18-19-8-4-6-10-22(19)29-3/h4-11,20H,12-18H2,1-3H3,(H,25,28). The Labute approximate surface area is 179 Å². The molecule has 2 aromatic carbocycles. The van der Waals surface area contributed by atoms with E-state index in [9.17, 15) is 4.79 Å². The van der Waals surface area contributed by atoms with Gasteiger partial charge in [-0.05, 0) is 45.1 Å². The summed E-state index contributed by atoms with van der Waals surface area (Å²) in [5.41, 5.74) is 1.80. The minimum atomic E-state index is -0.0568. The van der Waals surface area contributed by atoms with Crippen LogP contribution in [0, 0.1) is 0 Å². The van der Waals surface area contributed by atoms with Crippen molar-refractivity contribution in [3.63, 3.8) is 0 Å². The maximum atomic E-state index is 12.9. The van der Waals surface area contributed by atoms with E-state index in [1.807, 2.05) is 56.6 Å². The number of nitrogens with zero attached hydrogens (tertiary/aromatic N) is 2. The second-order valence-electron chi connectivity index (χ2n) is 7.98. The minimum Gasteiger partial charge on any atom is -0.496 e. The second kappa shape index (κ2) is 11.0. The number of likely N-dealkylation sites (tertiary alicyclic amines) is 1. The quantitative estimate of drug-likeness (QED) is 0.687. The zero-order valence-electron chi connectivity index (χ0n) is 18.3. The molecule has 1 amide bonds. The summed E-state index contributed by atoms with van der Waals surface area (Å²) < 4.78 is 11.3. The van der Waals surface area contributed by atoms with Crippen molar-refractivity contribution in [2.45, 2.75) is 25.4 Å². The third-order valence-electron chi connectivity index (χ3n) is 5.44. The number of piperidine rings is 1. The molecule has 162 valence electrons. The van der Waals surface area contributed by atoms with Gasteiger partial charge in [0.05, 0.1) is 12.7 Å². The summed E-state index contributed by atoms with van der Waals surface area (Å²) in [6.07, 6.45) is 1.87. The predicted octanol–water partition coefficient (Wildman–Crippen LogP) is 3.03. The average molecular weight is 412 g/mol. The molecule has 0 aromatic heterocycles. The second-order valence-corrected chi connectivity index (χ2v) is 7.98. The van der Waals surface area contributed by atoms with Crippen LogP contribution >= 0.6 is 0 Å². The third kappa shape index (κ3) is 6.21. The highest BCUT2D eigenvalue weighted by Crippen LogP contribution is 2.22. The summed E-state index contributed by atoms with van der Waals surface area (Å²) in [7, 11) is 5.72. The number of hydrogen-bond acceptors (Lipinski definition) is 5. The fraction of sp³-hybridized carbons (Fsp3) is 0.458. The molecule has 6 nitrogen and oxygen atoms in total. The van der Waals surface area contributed by atoms with Crippen molar-refractivity contribution in [2.24, 2.45) is 0 Å². The van der Waals surface area contributed by atoms with Crippen molar-refractivity contribution in [1.29, 1.82) is 0 Å². The molecule has 0 radical (unpaired) electrons. The minimum absolute atomic E-state index is 0.0568. The molecule has 1 fully saturated rings. The molecule has 3 rings (SSSR count). The average Bonchev–Trinajstić information content (AvgIpc) is 2.75. The van der Waals surface area contributed by atoms with Crippen LogP contribution in [-0.2, 0) is 6.54 Å². The van der Waals surface area contributed by atoms with Crippen LogP contribution in [0.15, 0.2) is 48.5 Å². The first kappa shape index (κ1) is 22.1. The number of hydrogen-bond donors (Lipinski definition) is 1. The van der Waals surface area contributed by atoms with Gasteiger partial charge in [0, 0.05) is 37.8 Å². The third-order valence-corrected chi connectivity index (χ3v) is 5.44. The number of ether oxygens (including phenoxy) is 2. The molecule has 30 heavy (non-hydrogen) atoms. The van der Waals surface area contributed by atoms with Crippen molar-refractivity contribution in [3.05, 3.63) is 59.7 Å². The topological polar surface area (TPSA) is 54.0 Å². The molecule has 0 bridgehead atoms. The summed E-state index contributed by atoms with van der Waals surface area (Å²) in [5, 5.41) is 3.20. The molecule has 0 unspecified atom stereocenters. The lowest BCUT2D eigenvalue weighted by atomic mass is 10.0. The fourth-order valence-electron chi connectivity index (χ4n) is 3.69. The van der Waals surface area contributed by atoms with Crippen LogP contribution in [0.25, 0.3) is 0 Å². The number of carbonyl (C=O) groups excluding carboxylic acids is 1. The summed E-state index contributed by atoms with van der Waals surface area (Å²) in [6, 6.07) is 15.8. The molecule has 0 aliphatic carbocycles. The number of carbonyl (C=O) groups is 1. The SMILES string of the molecule is COc1ccccc1CN1CCC(NC(=O)c2ccccc2OCCN(C)C)CC1. The number of para-hydroxylation sites is 2. The Bertz CT molecular complexity index is 817. The number of nitrogens with one attached hydrogen (secondary N) is 1. The Morgan fingerprint density at radius 2 is 1.73 bits per heavy atom. The largest absolute Gasteiger partial charge is 0.496 e. The van der Waals surface area contributed by atoms with Crippen LogP contribution in [-0.4, -0.2) is 69.2 Å². The van der Waals surface area contributed by atoms with E-state index >= 15 is 0 Å². The summed E-state index contributed by atoms with van der Waals surface area (Å²) in [5.74, 6) is 1.52. The van der Waals surface area contributed by atoms with E-state index in [0.29, 0.717) is 17.9 Å². The van der Waals surface area contributed by atoms with E-state index < -0.39 is 0 Å². The molecule has 1 aliphatic heterocycles. The van der Waals surface area contributed by atoms with E-state index in [0.717, 1.165) is 44.8 Å². The van der Waals surface area contributed by atoms with Gasteiger partial charge in [-0.3, -0.25) is 9.69 Å². The van der Waals surface area contributed by atoms with Gasteiger partial charge in [-0.15, -0.1) is 0 Å². The van der Waals surface area contributed by atoms with E-state index in [2.05, 4.69) is 21.2 Å². The van der Waals surface area contributed by atoms with Gasteiger partial charge in [-0.2, -0.15) is 0 Å². The highest BCUT2D eigenvalue weighted by Gasteiger charge is 2.23. The zero-order chi connectivity index (χ0) is 21.3. The Morgan fingerprint density at radius 1 is 1.07 bits per heavy atom. The van der Waals surface area contributed by atoms with Gasteiger partial charge in [-0.25, -0.2) is 0 Å². The molecule has 1 aliphatic rings. The molecule has 2 aromatic rings.